The molecule has 0 radical (unpaired) electrons. The molecule has 5 heteroatoms. The summed E-state index contributed by atoms with van der Waals surface area (Å²) in [5, 5.41) is 0. The van der Waals surface area contributed by atoms with Gasteiger partial charge in [-0.2, -0.15) is 13.2 Å². The number of hydrogen-bond donors (Lipinski definition) is 0. The Morgan fingerprint density at radius 2 is 1.83 bits per heavy atom. The number of likely N-dealkylation sites (N-methyl/N-ethyl adjacent to an activating group) is 1. The molecule has 0 N–H and O–H groups in total. The van der Waals surface area contributed by atoms with Crippen LogP contribution in [0.2, 0.25) is 0 Å². The molecule has 2 nitrogen and oxygen atoms in total. The van der Waals surface area contributed by atoms with Crippen LogP contribution < -0.4 is 0 Å². The quantitative estimate of drug-likeness (QED) is 0.712. The molecule has 100 valence electrons. The molecule has 0 bridgehead atoms. The zero-order chi connectivity index (χ0) is 13.2. The molecule has 0 amide bonds. The first-order valence-electron chi connectivity index (χ1n) is 6.03. The van der Waals surface area contributed by atoms with Gasteiger partial charge in [0.15, 0.2) is 0 Å². The first-order chi connectivity index (χ1) is 8.47. The van der Waals surface area contributed by atoms with E-state index in [2.05, 4.69) is 4.90 Å². The Morgan fingerprint density at radius 3 is 2.44 bits per heavy atom. The van der Waals surface area contributed by atoms with Crippen molar-refractivity contribution in [3.05, 3.63) is 36.1 Å². The van der Waals surface area contributed by atoms with Crippen LogP contribution >= 0.6 is 0 Å². The highest BCUT2D eigenvalue weighted by atomic mass is 19.4. The van der Waals surface area contributed by atoms with Gasteiger partial charge in [0, 0.05) is 32.4 Å². The summed E-state index contributed by atoms with van der Waals surface area (Å²) in [6.07, 6.45) is 3.33. The number of piperazine rings is 1. The molecule has 1 aliphatic heterocycles. The van der Waals surface area contributed by atoms with Crippen LogP contribution in [0, 0.1) is 5.92 Å². The van der Waals surface area contributed by atoms with Crippen LogP contribution in [0.25, 0.3) is 0 Å². The standard InChI is InChI=1S/C13H17F3N2/c1-17-6-8-18(9-7-17)10-11-4-2-3-5-12(11)13(14,15)16/h2-5,10,12H,6-9H2,1H3. The molecule has 2 aliphatic rings. The lowest BCUT2D eigenvalue weighted by molar-refractivity contribution is -0.151. The van der Waals surface area contributed by atoms with Gasteiger partial charge in [0.05, 0.1) is 5.92 Å². The van der Waals surface area contributed by atoms with Gasteiger partial charge in [-0.1, -0.05) is 24.3 Å². The average molecular weight is 258 g/mol. The van der Waals surface area contributed by atoms with Crippen molar-refractivity contribution < 1.29 is 13.2 Å². The lowest BCUT2D eigenvalue weighted by Crippen LogP contribution is -2.42. The predicted molar refractivity (Wildman–Crippen MR) is 65.0 cm³/mol. The third kappa shape index (κ3) is 3.16. The maximum absolute atomic E-state index is 12.9. The van der Waals surface area contributed by atoms with Crippen molar-refractivity contribution in [2.24, 2.45) is 5.92 Å². The van der Waals surface area contributed by atoms with E-state index in [9.17, 15) is 13.2 Å². The Labute approximate surface area is 105 Å². The fraction of sp³-hybridized carbons (Fsp3) is 0.538. The molecule has 1 heterocycles. The summed E-state index contributed by atoms with van der Waals surface area (Å²) in [5.74, 6) is -1.47. The molecule has 18 heavy (non-hydrogen) atoms. The summed E-state index contributed by atoms with van der Waals surface area (Å²) in [6.45, 7) is 3.34. The maximum atomic E-state index is 12.9. The summed E-state index contributed by atoms with van der Waals surface area (Å²) in [4.78, 5) is 4.14. The fourth-order valence-electron chi connectivity index (χ4n) is 2.14. The van der Waals surface area contributed by atoms with Crippen LogP contribution in [-0.4, -0.2) is 49.2 Å². The SMILES string of the molecule is CN1CCN(C=C2C=CC=CC2C(F)(F)F)CC1. The smallest absolute Gasteiger partial charge is 0.375 e. The second kappa shape index (κ2) is 5.18. The van der Waals surface area contributed by atoms with Crippen LogP contribution in [-0.2, 0) is 0 Å². The number of allylic oxidation sites excluding steroid dienone is 5. The minimum Gasteiger partial charge on any atom is -0.375 e. The van der Waals surface area contributed by atoms with E-state index in [0.717, 1.165) is 26.2 Å². The van der Waals surface area contributed by atoms with Gasteiger partial charge in [0.25, 0.3) is 0 Å². The van der Waals surface area contributed by atoms with Gasteiger partial charge in [-0.15, -0.1) is 0 Å². The zero-order valence-corrected chi connectivity index (χ0v) is 10.3. The Bertz CT molecular complexity index is 374. The fourth-order valence-corrected chi connectivity index (χ4v) is 2.14. The van der Waals surface area contributed by atoms with Crippen molar-refractivity contribution in [1.29, 1.82) is 0 Å². The van der Waals surface area contributed by atoms with Crippen molar-refractivity contribution in [2.75, 3.05) is 33.2 Å². The molecule has 1 fully saturated rings. The molecular weight excluding hydrogens is 241 g/mol. The molecule has 1 saturated heterocycles. The second-order valence-corrected chi connectivity index (χ2v) is 4.73. The summed E-state index contributed by atoms with van der Waals surface area (Å²) in [7, 11) is 2.02. The molecular formula is C13H17F3N2. The highest BCUT2D eigenvalue weighted by Crippen LogP contribution is 2.35. The van der Waals surface area contributed by atoms with Crippen LogP contribution in [0.1, 0.15) is 0 Å². The van der Waals surface area contributed by atoms with E-state index in [-0.39, 0.29) is 0 Å². The van der Waals surface area contributed by atoms with E-state index < -0.39 is 12.1 Å². The Morgan fingerprint density at radius 1 is 1.17 bits per heavy atom. The van der Waals surface area contributed by atoms with Crippen LogP contribution in [0.15, 0.2) is 36.1 Å². The summed E-state index contributed by atoms with van der Waals surface area (Å²) in [6, 6.07) is 0. The van der Waals surface area contributed by atoms with Crippen LogP contribution in [0.3, 0.4) is 0 Å². The van der Waals surface area contributed by atoms with E-state index >= 15 is 0 Å². The Hall–Kier alpha value is -1.23. The molecule has 2 rings (SSSR count). The monoisotopic (exact) mass is 258 g/mol. The molecule has 1 atom stereocenters. The molecule has 0 aromatic carbocycles. The molecule has 1 aliphatic carbocycles. The minimum absolute atomic E-state index is 0.328. The molecule has 0 aromatic rings. The maximum Gasteiger partial charge on any atom is 0.399 e. The number of alkyl halides is 3. The normalized spacial score (nSPS) is 28.1. The number of hydrogen-bond acceptors (Lipinski definition) is 2. The van der Waals surface area contributed by atoms with Crippen LogP contribution in [0.5, 0.6) is 0 Å². The van der Waals surface area contributed by atoms with Crippen molar-refractivity contribution in [3.8, 4) is 0 Å². The van der Waals surface area contributed by atoms with Gasteiger partial charge in [0.2, 0.25) is 0 Å². The minimum atomic E-state index is -4.21. The van der Waals surface area contributed by atoms with Crippen molar-refractivity contribution in [1.82, 2.24) is 9.80 Å². The third-order valence-corrected chi connectivity index (χ3v) is 3.28. The van der Waals surface area contributed by atoms with Crippen molar-refractivity contribution in [3.63, 3.8) is 0 Å². The first-order valence-corrected chi connectivity index (χ1v) is 6.03. The average Bonchev–Trinajstić information content (AvgIpc) is 2.31. The zero-order valence-electron chi connectivity index (χ0n) is 10.3. The van der Waals surface area contributed by atoms with Gasteiger partial charge in [-0.3, -0.25) is 0 Å². The highest BCUT2D eigenvalue weighted by Gasteiger charge is 2.40. The van der Waals surface area contributed by atoms with E-state index in [1.165, 1.54) is 12.2 Å². The first kappa shape index (κ1) is 13.2. The lowest BCUT2D eigenvalue weighted by atomic mass is 9.94. The largest absolute Gasteiger partial charge is 0.399 e. The van der Waals surface area contributed by atoms with Gasteiger partial charge >= 0.3 is 6.18 Å². The highest BCUT2D eigenvalue weighted by molar-refractivity contribution is 5.34. The van der Waals surface area contributed by atoms with E-state index in [1.54, 1.807) is 18.4 Å². The summed E-state index contributed by atoms with van der Waals surface area (Å²) < 4.78 is 38.6. The van der Waals surface area contributed by atoms with Gasteiger partial charge < -0.3 is 9.80 Å². The lowest BCUT2D eigenvalue weighted by Gasteiger charge is -2.33. The van der Waals surface area contributed by atoms with E-state index in [1.807, 2.05) is 11.9 Å². The molecule has 0 aromatic heterocycles. The number of nitrogens with zero attached hydrogens (tertiary/aromatic N) is 2. The number of rotatable bonds is 1. The van der Waals surface area contributed by atoms with Gasteiger partial charge in [-0.05, 0) is 12.6 Å². The molecule has 0 saturated carbocycles. The van der Waals surface area contributed by atoms with Crippen molar-refractivity contribution in [2.45, 2.75) is 6.18 Å². The molecule has 0 spiro atoms. The van der Waals surface area contributed by atoms with E-state index in [4.69, 9.17) is 0 Å². The van der Waals surface area contributed by atoms with Gasteiger partial charge in [0.1, 0.15) is 0 Å². The third-order valence-electron chi connectivity index (χ3n) is 3.28. The van der Waals surface area contributed by atoms with Crippen LogP contribution in [0.4, 0.5) is 13.2 Å². The van der Waals surface area contributed by atoms with Crippen molar-refractivity contribution >= 4 is 0 Å². The van der Waals surface area contributed by atoms with Gasteiger partial charge in [-0.25, -0.2) is 0 Å². The number of halogens is 3. The van der Waals surface area contributed by atoms with E-state index in [0.29, 0.717) is 5.57 Å². The predicted octanol–water partition coefficient (Wildman–Crippen LogP) is 2.42. The second-order valence-electron chi connectivity index (χ2n) is 4.73. The molecule has 1 unspecified atom stereocenters. The Kier molecular flexibility index (Phi) is 3.80. The summed E-state index contributed by atoms with van der Waals surface area (Å²) in [5.41, 5.74) is 0.328. The topological polar surface area (TPSA) is 6.48 Å². The Balaban J connectivity index is 2.10. The summed E-state index contributed by atoms with van der Waals surface area (Å²) >= 11 is 0.